The van der Waals surface area contributed by atoms with Crippen LogP contribution in [0, 0.1) is 24.4 Å². The van der Waals surface area contributed by atoms with Gasteiger partial charge in [-0.3, -0.25) is 0 Å². The molecule has 1 atom stereocenters. The molecule has 2 nitrogen and oxygen atoms in total. The fourth-order valence-corrected chi connectivity index (χ4v) is 5.69. The van der Waals surface area contributed by atoms with Gasteiger partial charge >= 0.3 is 0 Å². The molecule has 2 heterocycles. The fraction of sp³-hybridized carbons (Fsp3) is 0.167. The Balaban J connectivity index is 0.000000229. The van der Waals surface area contributed by atoms with Crippen LogP contribution in [-0.4, -0.2) is 9.97 Å². The molecule has 5 aromatic carbocycles. The van der Waals surface area contributed by atoms with Crippen LogP contribution in [0.3, 0.4) is 0 Å². The molecule has 0 saturated carbocycles. The Morgan fingerprint density at radius 2 is 1.27 bits per heavy atom. The summed E-state index contributed by atoms with van der Waals surface area (Å²) in [5, 5.41) is 0. The molecule has 1 radical (unpaired) electrons. The zero-order valence-electron chi connectivity index (χ0n) is 35.2. The van der Waals surface area contributed by atoms with Crippen molar-refractivity contribution in [3.05, 3.63) is 192 Å². The maximum Gasteiger partial charge on any atom is 0.0399 e. The molecule has 3 heteroatoms. The van der Waals surface area contributed by atoms with E-state index < -0.39 is 24.5 Å². The Labute approximate surface area is 326 Å². The Hall–Kier alpha value is -4.95. The van der Waals surface area contributed by atoms with Crippen LogP contribution in [0.15, 0.2) is 158 Å². The molecule has 0 spiro atoms. The molecule has 257 valence electrons. The second kappa shape index (κ2) is 17.3. The van der Waals surface area contributed by atoms with Crippen LogP contribution < -0.4 is 0 Å². The summed E-state index contributed by atoms with van der Waals surface area (Å²) in [5.74, 6) is -0.943. The smallest absolute Gasteiger partial charge is 0.0399 e. The van der Waals surface area contributed by atoms with Crippen LogP contribution in [0.5, 0.6) is 0 Å². The van der Waals surface area contributed by atoms with E-state index in [4.69, 9.17) is 11.8 Å². The number of rotatable bonds is 7. The quantitative estimate of drug-likeness (QED) is 0.149. The normalized spacial score (nSPS) is 14.4. The molecule has 51 heavy (non-hydrogen) atoms. The summed E-state index contributed by atoms with van der Waals surface area (Å²) in [7, 11) is 0. The first-order valence-corrected chi connectivity index (χ1v) is 16.7. The van der Waals surface area contributed by atoms with Crippen LogP contribution in [0.1, 0.15) is 64.1 Å². The third-order valence-corrected chi connectivity index (χ3v) is 8.18. The number of aromatic nitrogens is 2. The van der Waals surface area contributed by atoms with E-state index in [0.29, 0.717) is 11.3 Å². The third kappa shape index (κ3) is 9.85. The van der Waals surface area contributed by atoms with Gasteiger partial charge in [-0.05, 0) is 57.8 Å². The van der Waals surface area contributed by atoms with Crippen molar-refractivity contribution in [1.82, 2.24) is 9.97 Å². The second-order valence-electron chi connectivity index (χ2n) is 13.1. The van der Waals surface area contributed by atoms with E-state index in [1.165, 1.54) is 6.20 Å². The fourth-order valence-electron chi connectivity index (χ4n) is 5.69. The topological polar surface area (TPSA) is 25.8 Å². The first-order valence-electron chi connectivity index (χ1n) is 19.7. The zero-order chi connectivity index (χ0) is 40.1. The van der Waals surface area contributed by atoms with E-state index >= 15 is 0 Å². The monoisotopic (exact) mass is 847 g/mol. The van der Waals surface area contributed by atoms with Gasteiger partial charge in [-0.2, -0.15) is 0 Å². The number of hydrogen-bond acceptors (Lipinski definition) is 2. The zero-order valence-corrected chi connectivity index (χ0v) is 31.6. The molecule has 0 fully saturated rings. The van der Waals surface area contributed by atoms with Crippen molar-refractivity contribution in [3.63, 3.8) is 0 Å². The molecule has 0 amide bonds. The van der Waals surface area contributed by atoms with Crippen molar-refractivity contribution in [1.29, 1.82) is 0 Å². The van der Waals surface area contributed by atoms with Gasteiger partial charge < -0.3 is 9.97 Å². The van der Waals surface area contributed by atoms with Gasteiger partial charge in [0, 0.05) is 52.2 Å². The van der Waals surface area contributed by atoms with Crippen LogP contribution in [-0.2, 0) is 26.5 Å². The van der Waals surface area contributed by atoms with Crippen molar-refractivity contribution in [2.24, 2.45) is 5.41 Å². The molecule has 0 aliphatic rings. The number of nitrogens with zero attached hydrogens (tertiary/aromatic N) is 2. The van der Waals surface area contributed by atoms with Crippen molar-refractivity contribution in [2.75, 3.05) is 0 Å². The number of hydrogen-bond donors (Lipinski definition) is 0. The van der Waals surface area contributed by atoms with E-state index in [9.17, 15) is 1.37 Å². The standard InChI is InChI=1S/C31H24N.C17H20N.Ir/c1-23(24-12-5-2-6-13-24)29-21-31(32-22-30(29)26-16-9-4-10-17-26)28-19-11-18-27(20-28)25-14-7-3-8-15-25;1-13-12-18-16(14-8-6-5-7-9-14)10-15(13)11-17(2,3)4;/h2-18,20-23H,1H3;5-8,10,12H,11H2,1-4H3;/q2*-1;/i23D;1D3,11D2;. The minimum absolute atomic E-state index is 0. The van der Waals surface area contributed by atoms with E-state index in [-0.39, 0.29) is 31.2 Å². The molecule has 2 aromatic heterocycles. The van der Waals surface area contributed by atoms with Crippen LogP contribution in [0.2, 0.25) is 0 Å². The van der Waals surface area contributed by atoms with E-state index in [0.717, 1.165) is 44.6 Å². The average Bonchev–Trinajstić information content (AvgIpc) is 3.21. The molecular weight excluding hydrogens is 797 g/mol. The molecule has 0 N–H and O–H groups in total. The van der Waals surface area contributed by atoms with Crippen molar-refractivity contribution in [2.45, 2.75) is 46.8 Å². The summed E-state index contributed by atoms with van der Waals surface area (Å²) < 4.78 is 49.4. The second-order valence-corrected chi connectivity index (χ2v) is 13.1. The van der Waals surface area contributed by atoms with Crippen molar-refractivity contribution >= 4 is 0 Å². The minimum atomic E-state index is -2.42. The Bertz CT molecular complexity index is 2380. The average molecular weight is 847 g/mol. The van der Waals surface area contributed by atoms with Crippen LogP contribution in [0.4, 0.5) is 0 Å². The SMILES string of the molecule is [2H]C(C)(c1ccccc1)c1cc(-c2[c-]ccc(-c3ccccc3)c2)ncc1-c1ccccc1.[2H]C([2H])([2H])c1cnc(-c2[c-]cccc2)cc1C([2H])([2H])C(C)(C)C.[Ir]. The van der Waals surface area contributed by atoms with Gasteiger partial charge in [0.25, 0.3) is 0 Å². The van der Waals surface area contributed by atoms with E-state index in [1.54, 1.807) is 32.9 Å². The summed E-state index contributed by atoms with van der Waals surface area (Å²) in [5.41, 5.74) is 8.48. The maximum absolute atomic E-state index is 9.40. The van der Waals surface area contributed by atoms with Crippen LogP contribution >= 0.6 is 0 Å². The van der Waals surface area contributed by atoms with Crippen molar-refractivity contribution in [3.8, 4) is 44.8 Å². The minimum Gasteiger partial charge on any atom is -0.304 e. The van der Waals surface area contributed by atoms with Gasteiger partial charge in [-0.15, -0.1) is 71.3 Å². The van der Waals surface area contributed by atoms with E-state index in [2.05, 4.69) is 59.6 Å². The number of pyridine rings is 2. The maximum atomic E-state index is 9.40. The Kier molecular flexibility index (Phi) is 10.1. The van der Waals surface area contributed by atoms with Gasteiger partial charge in [0.1, 0.15) is 0 Å². The molecular formula is C48H44IrN2-2. The molecule has 0 aliphatic carbocycles. The predicted molar refractivity (Wildman–Crippen MR) is 210 cm³/mol. The van der Waals surface area contributed by atoms with Gasteiger partial charge in [0.05, 0.1) is 0 Å². The summed E-state index contributed by atoms with van der Waals surface area (Å²) >= 11 is 0. The molecule has 0 bridgehead atoms. The van der Waals surface area contributed by atoms with Gasteiger partial charge in [0.15, 0.2) is 0 Å². The third-order valence-electron chi connectivity index (χ3n) is 8.18. The first kappa shape index (κ1) is 29.7. The van der Waals surface area contributed by atoms with Crippen LogP contribution in [0.25, 0.3) is 44.8 Å². The predicted octanol–water partition coefficient (Wildman–Crippen LogP) is 12.5. The Morgan fingerprint density at radius 1 is 0.667 bits per heavy atom. The molecule has 0 saturated heterocycles. The van der Waals surface area contributed by atoms with E-state index in [1.807, 2.05) is 104 Å². The first-order chi connectivity index (χ1) is 26.6. The number of benzene rings is 5. The number of aryl methyl sites for hydroxylation is 1. The molecule has 7 rings (SSSR count). The summed E-state index contributed by atoms with van der Waals surface area (Å²) in [6, 6.07) is 53.8. The van der Waals surface area contributed by atoms with Gasteiger partial charge in [-0.25, -0.2) is 0 Å². The Morgan fingerprint density at radius 3 is 1.92 bits per heavy atom. The van der Waals surface area contributed by atoms with Gasteiger partial charge in [-0.1, -0.05) is 136 Å². The largest absolute Gasteiger partial charge is 0.304 e. The summed E-state index contributed by atoms with van der Waals surface area (Å²) in [6.07, 6.45) is 1.35. The van der Waals surface area contributed by atoms with Gasteiger partial charge in [0.2, 0.25) is 0 Å². The molecule has 1 unspecified atom stereocenters. The van der Waals surface area contributed by atoms with Crippen molar-refractivity contribution < 1.29 is 28.3 Å². The molecule has 7 aromatic rings. The summed E-state index contributed by atoms with van der Waals surface area (Å²) in [6.45, 7) is 4.80. The molecule has 0 aliphatic heterocycles. The summed E-state index contributed by atoms with van der Waals surface area (Å²) in [4.78, 5) is 9.03.